The Bertz CT molecular complexity index is 737. The van der Waals surface area contributed by atoms with Crippen molar-refractivity contribution in [2.45, 2.75) is 96.8 Å². The van der Waals surface area contributed by atoms with E-state index in [4.69, 9.17) is 0 Å². The minimum absolute atomic E-state index is 0.434. The highest BCUT2D eigenvalue weighted by Gasteiger charge is 2.34. The molecule has 1 saturated carbocycles. The molecule has 0 saturated heterocycles. The highest BCUT2D eigenvalue weighted by molar-refractivity contribution is 5.67. The van der Waals surface area contributed by atoms with E-state index in [1.54, 1.807) is 5.56 Å². The SMILES string of the molecule is CCCCCC1(c2ccc(-c3ccc(NCCCC)cc3)cc2C)CCCCC1. The Morgan fingerprint density at radius 2 is 1.48 bits per heavy atom. The van der Waals surface area contributed by atoms with Crippen molar-refractivity contribution in [2.24, 2.45) is 0 Å². The van der Waals surface area contributed by atoms with Crippen LogP contribution in [-0.4, -0.2) is 6.54 Å². The molecule has 0 aromatic heterocycles. The fraction of sp³-hybridized carbons (Fsp3) is 0.571. The monoisotopic (exact) mass is 391 g/mol. The Hall–Kier alpha value is -1.76. The highest BCUT2D eigenvalue weighted by Crippen LogP contribution is 2.45. The third-order valence-electron chi connectivity index (χ3n) is 6.94. The van der Waals surface area contributed by atoms with Crippen molar-refractivity contribution in [1.29, 1.82) is 0 Å². The second-order valence-electron chi connectivity index (χ2n) is 9.19. The van der Waals surface area contributed by atoms with E-state index in [2.05, 4.69) is 68.6 Å². The maximum Gasteiger partial charge on any atom is 0.0340 e. The first-order valence-corrected chi connectivity index (χ1v) is 12.1. The fourth-order valence-corrected chi connectivity index (χ4v) is 5.22. The van der Waals surface area contributed by atoms with Gasteiger partial charge in [0.15, 0.2) is 0 Å². The molecule has 158 valence electrons. The largest absolute Gasteiger partial charge is 0.385 e. The fourth-order valence-electron chi connectivity index (χ4n) is 5.22. The van der Waals surface area contributed by atoms with E-state index >= 15 is 0 Å². The number of unbranched alkanes of at least 4 members (excludes halogenated alkanes) is 3. The van der Waals surface area contributed by atoms with Crippen LogP contribution in [0.2, 0.25) is 0 Å². The quantitative estimate of drug-likeness (QED) is 0.399. The van der Waals surface area contributed by atoms with Crippen molar-refractivity contribution in [1.82, 2.24) is 0 Å². The lowest BCUT2D eigenvalue weighted by atomic mass is 9.65. The molecule has 1 heteroatoms. The van der Waals surface area contributed by atoms with Gasteiger partial charge in [0.25, 0.3) is 0 Å². The van der Waals surface area contributed by atoms with E-state index in [0.29, 0.717) is 5.41 Å². The van der Waals surface area contributed by atoms with Crippen LogP contribution in [-0.2, 0) is 5.41 Å². The minimum atomic E-state index is 0.434. The zero-order chi connectivity index (χ0) is 20.5. The maximum atomic E-state index is 3.52. The van der Waals surface area contributed by atoms with E-state index < -0.39 is 0 Å². The number of nitrogens with one attached hydrogen (secondary N) is 1. The van der Waals surface area contributed by atoms with Gasteiger partial charge in [-0.05, 0) is 72.4 Å². The molecule has 1 fully saturated rings. The van der Waals surface area contributed by atoms with Crippen LogP contribution in [0, 0.1) is 6.92 Å². The first kappa shape index (κ1) is 21.9. The van der Waals surface area contributed by atoms with Crippen molar-refractivity contribution in [2.75, 3.05) is 11.9 Å². The van der Waals surface area contributed by atoms with Crippen molar-refractivity contribution in [3.05, 3.63) is 53.6 Å². The molecule has 0 radical (unpaired) electrons. The Morgan fingerprint density at radius 3 is 2.14 bits per heavy atom. The van der Waals surface area contributed by atoms with Gasteiger partial charge in [-0.1, -0.05) is 89.1 Å². The van der Waals surface area contributed by atoms with Crippen molar-refractivity contribution >= 4 is 5.69 Å². The Morgan fingerprint density at radius 1 is 0.793 bits per heavy atom. The zero-order valence-electron chi connectivity index (χ0n) is 19.0. The Balaban J connectivity index is 1.77. The van der Waals surface area contributed by atoms with Crippen molar-refractivity contribution in [3.63, 3.8) is 0 Å². The van der Waals surface area contributed by atoms with Crippen LogP contribution in [0.4, 0.5) is 5.69 Å². The van der Waals surface area contributed by atoms with Gasteiger partial charge >= 0.3 is 0 Å². The summed E-state index contributed by atoms with van der Waals surface area (Å²) in [4.78, 5) is 0. The summed E-state index contributed by atoms with van der Waals surface area (Å²) in [5, 5.41) is 3.52. The number of benzene rings is 2. The third kappa shape index (κ3) is 5.65. The zero-order valence-corrected chi connectivity index (χ0v) is 19.0. The van der Waals surface area contributed by atoms with Crippen LogP contribution >= 0.6 is 0 Å². The van der Waals surface area contributed by atoms with E-state index in [0.717, 1.165) is 6.54 Å². The Kier molecular flexibility index (Phi) is 8.21. The van der Waals surface area contributed by atoms with Gasteiger partial charge in [0.2, 0.25) is 0 Å². The summed E-state index contributed by atoms with van der Waals surface area (Å²) < 4.78 is 0. The molecule has 1 aliphatic rings. The molecule has 0 atom stereocenters. The second kappa shape index (κ2) is 10.9. The summed E-state index contributed by atoms with van der Waals surface area (Å²) in [6, 6.07) is 16.3. The number of hydrogen-bond donors (Lipinski definition) is 1. The number of hydrogen-bond acceptors (Lipinski definition) is 1. The van der Waals surface area contributed by atoms with E-state index in [1.165, 1.54) is 93.0 Å². The number of aryl methyl sites for hydroxylation is 1. The van der Waals surface area contributed by atoms with Gasteiger partial charge in [-0.25, -0.2) is 0 Å². The van der Waals surface area contributed by atoms with Crippen LogP contribution in [0.1, 0.15) is 95.6 Å². The first-order chi connectivity index (χ1) is 14.2. The topological polar surface area (TPSA) is 12.0 Å². The minimum Gasteiger partial charge on any atom is -0.385 e. The van der Waals surface area contributed by atoms with Crippen LogP contribution < -0.4 is 5.32 Å². The lowest BCUT2D eigenvalue weighted by Gasteiger charge is -2.39. The summed E-state index contributed by atoms with van der Waals surface area (Å²) in [6.07, 6.45) is 14.9. The maximum absolute atomic E-state index is 3.52. The normalized spacial score (nSPS) is 16.0. The van der Waals surface area contributed by atoms with Crippen LogP contribution in [0.3, 0.4) is 0 Å². The molecule has 0 amide bonds. The van der Waals surface area contributed by atoms with Crippen molar-refractivity contribution < 1.29 is 0 Å². The Labute approximate surface area is 179 Å². The van der Waals surface area contributed by atoms with E-state index in [-0.39, 0.29) is 0 Å². The summed E-state index contributed by atoms with van der Waals surface area (Å²) >= 11 is 0. The molecular formula is C28H41N. The van der Waals surface area contributed by atoms with Gasteiger partial charge < -0.3 is 5.32 Å². The third-order valence-corrected chi connectivity index (χ3v) is 6.94. The second-order valence-corrected chi connectivity index (χ2v) is 9.19. The van der Waals surface area contributed by atoms with Gasteiger partial charge in [-0.2, -0.15) is 0 Å². The highest BCUT2D eigenvalue weighted by atomic mass is 14.9. The lowest BCUT2D eigenvalue weighted by Crippen LogP contribution is -2.30. The standard InChI is InChI=1S/C28H41N/c1-4-6-9-18-28(19-10-8-11-20-28)27-17-14-25(22-23(27)3)24-12-15-26(16-13-24)29-21-7-5-2/h12-17,22,29H,4-11,18-21H2,1-3H3. The van der Waals surface area contributed by atoms with E-state index in [1.807, 2.05) is 0 Å². The first-order valence-electron chi connectivity index (χ1n) is 12.1. The molecular weight excluding hydrogens is 350 g/mol. The summed E-state index contributed by atoms with van der Waals surface area (Å²) in [5.41, 5.74) is 7.46. The molecule has 0 heterocycles. The molecule has 1 N–H and O–H groups in total. The van der Waals surface area contributed by atoms with Gasteiger partial charge in [-0.3, -0.25) is 0 Å². The molecule has 0 bridgehead atoms. The molecule has 0 spiro atoms. The van der Waals surface area contributed by atoms with E-state index in [9.17, 15) is 0 Å². The molecule has 2 aromatic rings. The molecule has 0 unspecified atom stereocenters. The van der Waals surface area contributed by atoms with Gasteiger partial charge in [0.05, 0.1) is 0 Å². The predicted molar refractivity (Wildman–Crippen MR) is 129 cm³/mol. The number of anilines is 1. The van der Waals surface area contributed by atoms with Crippen LogP contribution in [0.25, 0.3) is 11.1 Å². The average Bonchev–Trinajstić information content (AvgIpc) is 2.75. The van der Waals surface area contributed by atoms with Gasteiger partial charge in [-0.15, -0.1) is 0 Å². The van der Waals surface area contributed by atoms with Gasteiger partial charge in [0, 0.05) is 12.2 Å². The summed E-state index contributed by atoms with van der Waals surface area (Å²) in [6.45, 7) is 7.95. The van der Waals surface area contributed by atoms with Gasteiger partial charge in [0.1, 0.15) is 0 Å². The van der Waals surface area contributed by atoms with Crippen molar-refractivity contribution in [3.8, 4) is 11.1 Å². The lowest BCUT2D eigenvalue weighted by molar-refractivity contribution is 0.265. The number of rotatable bonds is 10. The summed E-state index contributed by atoms with van der Waals surface area (Å²) in [5.74, 6) is 0. The summed E-state index contributed by atoms with van der Waals surface area (Å²) in [7, 11) is 0. The molecule has 1 aliphatic carbocycles. The molecule has 0 aliphatic heterocycles. The molecule has 1 nitrogen and oxygen atoms in total. The molecule has 3 rings (SSSR count). The predicted octanol–water partition coefficient (Wildman–Crippen LogP) is 8.66. The van der Waals surface area contributed by atoms with Crippen LogP contribution in [0.5, 0.6) is 0 Å². The average molecular weight is 392 g/mol. The molecule has 2 aromatic carbocycles. The van der Waals surface area contributed by atoms with Crippen LogP contribution in [0.15, 0.2) is 42.5 Å². The smallest absolute Gasteiger partial charge is 0.0340 e. The molecule has 29 heavy (non-hydrogen) atoms.